The van der Waals surface area contributed by atoms with E-state index in [1.807, 2.05) is 78.9 Å². The van der Waals surface area contributed by atoms with Crippen LogP contribution in [0, 0.1) is 17.9 Å². The molecule has 8 aromatic rings. The number of aromatic nitrogens is 3. The Hall–Kier alpha value is -6.82. The molecule has 0 spiro atoms. The number of para-hydroxylation sites is 1. The van der Waals surface area contributed by atoms with Gasteiger partial charge in [0.1, 0.15) is 11.6 Å². The number of rotatable bonds is 4. The molecule has 234 valence electrons. The summed E-state index contributed by atoms with van der Waals surface area (Å²) in [5, 5.41) is 12.9. The fourth-order valence-electron chi connectivity index (χ4n) is 7.84. The molecule has 0 atom stereocenters. The summed E-state index contributed by atoms with van der Waals surface area (Å²) in [6.45, 7) is 13.0. The molecule has 2 aromatic heterocycles. The lowest BCUT2D eigenvalue weighted by atomic mass is 9.80. The van der Waals surface area contributed by atoms with Gasteiger partial charge in [-0.3, -0.25) is 0 Å². The molecule has 1 aliphatic carbocycles. The van der Waals surface area contributed by atoms with Crippen molar-refractivity contribution in [3.05, 3.63) is 168 Å². The predicted molar refractivity (Wildman–Crippen MR) is 201 cm³/mol. The first-order valence-electron chi connectivity index (χ1n) is 16.6. The average Bonchev–Trinajstić information content (AvgIpc) is 3.63. The first kappa shape index (κ1) is 29.3. The van der Waals surface area contributed by atoms with Gasteiger partial charge >= 0.3 is 0 Å². The molecule has 50 heavy (non-hydrogen) atoms. The summed E-state index contributed by atoms with van der Waals surface area (Å²) in [6.07, 6.45) is 0. The first-order valence-corrected chi connectivity index (χ1v) is 16.6. The Morgan fingerprint density at radius 1 is 0.660 bits per heavy atom. The summed E-state index contributed by atoms with van der Waals surface area (Å²) < 4.78 is 2.22. The lowest BCUT2D eigenvalue weighted by molar-refractivity contribution is 0.666. The summed E-state index contributed by atoms with van der Waals surface area (Å²) in [5.74, 6) is 0.520. The van der Waals surface area contributed by atoms with Gasteiger partial charge in [-0.25, -0.2) is 14.8 Å². The summed E-state index contributed by atoms with van der Waals surface area (Å²) in [5.41, 5.74) is 12.1. The molecule has 1 aliphatic rings. The van der Waals surface area contributed by atoms with E-state index in [1.54, 1.807) is 0 Å². The Labute approximate surface area is 290 Å². The first-order chi connectivity index (χ1) is 24.5. The van der Waals surface area contributed by atoms with E-state index in [4.69, 9.17) is 16.5 Å². The van der Waals surface area contributed by atoms with Crippen LogP contribution in [0.1, 0.15) is 30.5 Å². The van der Waals surface area contributed by atoms with Gasteiger partial charge in [-0.05, 0) is 52.1 Å². The van der Waals surface area contributed by atoms with Crippen LogP contribution in [-0.2, 0) is 5.41 Å². The number of fused-ring (bicyclic) bond motifs is 7. The maximum atomic E-state index is 10.5. The molecule has 0 saturated carbocycles. The number of nitrogens with zero attached hydrogens (tertiary/aromatic N) is 5. The van der Waals surface area contributed by atoms with Crippen LogP contribution < -0.4 is 0 Å². The monoisotopic (exact) mass is 639 g/mol. The highest BCUT2D eigenvalue weighted by molar-refractivity contribution is 6.14. The van der Waals surface area contributed by atoms with Gasteiger partial charge in [-0.15, -0.1) is 0 Å². The van der Waals surface area contributed by atoms with Crippen molar-refractivity contribution in [3.63, 3.8) is 0 Å². The normalized spacial score (nSPS) is 12.7. The van der Waals surface area contributed by atoms with Crippen molar-refractivity contribution in [2.75, 3.05) is 0 Å². The molecule has 0 amide bonds. The largest absolute Gasteiger partial charge is 0.319 e. The van der Waals surface area contributed by atoms with Crippen molar-refractivity contribution in [1.82, 2.24) is 14.5 Å². The Bertz CT molecular complexity index is 2740. The molecule has 0 saturated heterocycles. The summed E-state index contributed by atoms with van der Waals surface area (Å²) in [6, 6.07) is 49.3. The Morgan fingerprint density at radius 3 is 2.06 bits per heavy atom. The zero-order valence-electron chi connectivity index (χ0n) is 27.5. The molecule has 2 heterocycles. The molecule has 6 aromatic carbocycles. The Morgan fingerprint density at radius 2 is 1.32 bits per heavy atom. The zero-order valence-corrected chi connectivity index (χ0v) is 27.5. The minimum absolute atomic E-state index is 0.194. The van der Waals surface area contributed by atoms with E-state index < -0.39 is 0 Å². The van der Waals surface area contributed by atoms with E-state index >= 15 is 0 Å². The van der Waals surface area contributed by atoms with E-state index in [-0.39, 0.29) is 5.41 Å². The van der Waals surface area contributed by atoms with Crippen molar-refractivity contribution >= 4 is 27.5 Å². The number of hydrogen-bond donors (Lipinski definition) is 0. The van der Waals surface area contributed by atoms with Gasteiger partial charge in [0.05, 0.1) is 34.7 Å². The topological polar surface area (TPSA) is 58.9 Å². The Balaban J connectivity index is 1.29. The highest BCUT2D eigenvalue weighted by atomic mass is 15.0. The summed E-state index contributed by atoms with van der Waals surface area (Å²) in [7, 11) is 0. The summed E-state index contributed by atoms with van der Waals surface area (Å²) >= 11 is 0. The molecule has 0 aliphatic heterocycles. The second-order valence-corrected chi connectivity index (χ2v) is 13.2. The van der Waals surface area contributed by atoms with Crippen molar-refractivity contribution in [2.24, 2.45) is 0 Å². The fourth-order valence-corrected chi connectivity index (χ4v) is 7.84. The van der Waals surface area contributed by atoms with Gasteiger partial charge in [0, 0.05) is 27.3 Å². The molecule has 5 nitrogen and oxygen atoms in total. The third-order valence-electron chi connectivity index (χ3n) is 10.1. The molecular weight excluding hydrogens is 611 g/mol. The van der Waals surface area contributed by atoms with E-state index in [2.05, 4.69) is 90.0 Å². The van der Waals surface area contributed by atoms with Crippen LogP contribution in [0.5, 0.6) is 0 Å². The highest BCUT2D eigenvalue weighted by Crippen LogP contribution is 2.53. The number of nitriles is 1. The van der Waals surface area contributed by atoms with E-state index in [0.717, 1.165) is 33.2 Å². The Kier molecular flexibility index (Phi) is 6.53. The van der Waals surface area contributed by atoms with Gasteiger partial charge in [0.15, 0.2) is 5.82 Å². The standard InChI is InChI=1S/C45H29N5/c1-45(2)35-20-12-10-18-31(35)32-23-25-39-40(41(32)45)33-19-11-13-21-37(33)50(39)38-24-22-30(26-36(38)47-3)43-34(27-46)42(28-14-6-4-7-15-28)48-44(49-43)29-16-8-5-9-17-29/h4-26H,1-2H3. The van der Waals surface area contributed by atoms with Gasteiger partial charge in [-0.1, -0.05) is 129 Å². The maximum absolute atomic E-state index is 10.5. The molecule has 0 fully saturated rings. The fraction of sp³-hybridized carbons (Fsp3) is 0.0667. The number of hydrogen-bond acceptors (Lipinski definition) is 3. The van der Waals surface area contributed by atoms with Crippen LogP contribution in [0.2, 0.25) is 0 Å². The van der Waals surface area contributed by atoms with E-state index in [1.165, 1.54) is 27.6 Å². The smallest absolute Gasteiger partial charge is 0.211 e. The zero-order chi connectivity index (χ0) is 34.0. The second-order valence-electron chi connectivity index (χ2n) is 13.2. The summed E-state index contributed by atoms with van der Waals surface area (Å²) in [4.78, 5) is 13.9. The highest BCUT2D eigenvalue weighted by Gasteiger charge is 2.38. The lowest BCUT2D eigenvalue weighted by Gasteiger charge is -2.22. The van der Waals surface area contributed by atoms with E-state index in [0.29, 0.717) is 34.0 Å². The van der Waals surface area contributed by atoms with Gasteiger partial charge in [0.2, 0.25) is 5.69 Å². The van der Waals surface area contributed by atoms with Crippen molar-refractivity contribution in [3.8, 4) is 56.8 Å². The molecule has 0 radical (unpaired) electrons. The van der Waals surface area contributed by atoms with Crippen LogP contribution in [0.4, 0.5) is 5.69 Å². The third-order valence-corrected chi connectivity index (χ3v) is 10.1. The second kappa shape index (κ2) is 11.1. The third kappa shape index (κ3) is 4.24. The lowest BCUT2D eigenvalue weighted by Crippen LogP contribution is -2.15. The molecule has 0 N–H and O–H groups in total. The van der Waals surface area contributed by atoms with Crippen molar-refractivity contribution < 1.29 is 0 Å². The van der Waals surface area contributed by atoms with Crippen LogP contribution >= 0.6 is 0 Å². The molecular formula is C45H29N5. The van der Waals surface area contributed by atoms with Crippen molar-refractivity contribution in [1.29, 1.82) is 5.26 Å². The minimum atomic E-state index is -0.194. The quantitative estimate of drug-likeness (QED) is 0.180. The van der Waals surface area contributed by atoms with Crippen LogP contribution in [0.15, 0.2) is 140 Å². The van der Waals surface area contributed by atoms with Crippen molar-refractivity contribution in [2.45, 2.75) is 19.3 Å². The molecule has 0 unspecified atom stereocenters. The molecule has 5 heteroatoms. The van der Waals surface area contributed by atoms with Crippen LogP contribution in [-0.4, -0.2) is 14.5 Å². The van der Waals surface area contributed by atoms with Crippen LogP contribution in [0.25, 0.3) is 77.4 Å². The predicted octanol–water partition coefficient (Wildman–Crippen LogP) is 11.3. The molecule has 9 rings (SSSR count). The SMILES string of the molecule is [C-]#[N+]c1cc(-c2nc(-c3ccccc3)nc(-c3ccccc3)c2C#N)ccc1-n1c2ccccc2c2c3c(ccc21)-c1ccccc1C3(C)C. The van der Waals surface area contributed by atoms with Gasteiger partial charge < -0.3 is 4.57 Å². The van der Waals surface area contributed by atoms with Gasteiger partial charge in [0.25, 0.3) is 0 Å². The number of benzene rings is 6. The van der Waals surface area contributed by atoms with Crippen LogP contribution in [0.3, 0.4) is 0 Å². The maximum Gasteiger partial charge on any atom is 0.211 e. The van der Waals surface area contributed by atoms with E-state index in [9.17, 15) is 5.26 Å². The minimum Gasteiger partial charge on any atom is -0.319 e. The average molecular weight is 640 g/mol. The van der Waals surface area contributed by atoms with Gasteiger partial charge in [-0.2, -0.15) is 5.26 Å². The molecule has 0 bridgehead atoms.